The first-order chi connectivity index (χ1) is 10.0. The lowest BCUT2D eigenvalue weighted by Crippen LogP contribution is -2.37. The van der Waals surface area contributed by atoms with E-state index in [1.54, 1.807) is 24.3 Å². The maximum Gasteiger partial charge on any atom is 0.126 e. The maximum atomic E-state index is 13.8. The second-order valence-electron chi connectivity index (χ2n) is 5.02. The van der Waals surface area contributed by atoms with Crippen LogP contribution in [0.15, 0.2) is 42.5 Å². The van der Waals surface area contributed by atoms with Crippen LogP contribution in [0.1, 0.15) is 11.1 Å². The van der Waals surface area contributed by atoms with Gasteiger partial charge < -0.3 is 10.2 Å². The molecule has 0 spiro atoms. The molecule has 0 bridgehead atoms. The van der Waals surface area contributed by atoms with Gasteiger partial charge in [-0.15, -0.1) is 0 Å². The Hall–Kier alpha value is -1.49. The van der Waals surface area contributed by atoms with E-state index in [9.17, 15) is 19.0 Å². The smallest absolute Gasteiger partial charge is 0.126 e. The molecule has 0 unspecified atom stereocenters. The molecular formula is C16H15ClF2O2. The van der Waals surface area contributed by atoms with Gasteiger partial charge in [-0.2, -0.15) is 0 Å². The summed E-state index contributed by atoms with van der Waals surface area (Å²) in [5.41, 5.74) is -0.457. The van der Waals surface area contributed by atoms with E-state index < -0.39 is 30.3 Å². The second-order valence-corrected chi connectivity index (χ2v) is 5.46. The number of hydrogen-bond acceptors (Lipinski definition) is 2. The Morgan fingerprint density at radius 3 is 2.33 bits per heavy atom. The molecule has 0 aliphatic rings. The van der Waals surface area contributed by atoms with E-state index in [0.29, 0.717) is 10.6 Å². The van der Waals surface area contributed by atoms with Crippen molar-refractivity contribution < 1.29 is 19.0 Å². The highest BCUT2D eigenvalue weighted by molar-refractivity contribution is 6.30. The van der Waals surface area contributed by atoms with Crippen LogP contribution in [0.2, 0.25) is 5.02 Å². The van der Waals surface area contributed by atoms with Gasteiger partial charge in [-0.3, -0.25) is 0 Å². The van der Waals surface area contributed by atoms with Crippen LogP contribution in [0.4, 0.5) is 8.78 Å². The van der Waals surface area contributed by atoms with Gasteiger partial charge in [0, 0.05) is 10.4 Å². The summed E-state index contributed by atoms with van der Waals surface area (Å²) in [6.45, 7) is -0.834. The predicted molar refractivity (Wildman–Crippen MR) is 77.4 cm³/mol. The molecule has 112 valence electrons. The van der Waals surface area contributed by atoms with Gasteiger partial charge in [-0.25, -0.2) is 8.78 Å². The first kappa shape index (κ1) is 15.9. The molecule has 0 aromatic heterocycles. The normalized spacial score (nSPS) is 11.7. The van der Waals surface area contributed by atoms with Crippen molar-refractivity contribution in [2.75, 3.05) is 13.2 Å². The Morgan fingerprint density at radius 1 is 1.00 bits per heavy atom. The predicted octanol–water partition coefficient (Wildman–Crippen LogP) is 3.08. The molecule has 5 heteroatoms. The average molecular weight is 313 g/mol. The van der Waals surface area contributed by atoms with E-state index in [2.05, 4.69) is 0 Å². The van der Waals surface area contributed by atoms with Crippen molar-refractivity contribution in [3.63, 3.8) is 0 Å². The molecule has 2 aromatic rings. The molecule has 2 N–H and O–H groups in total. The first-order valence-corrected chi connectivity index (χ1v) is 6.80. The van der Waals surface area contributed by atoms with Crippen molar-refractivity contribution in [1.82, 2.24) is 0 Å². The minimum Gasteiger partial charge on any atom is -0.395 e. The van der Waals surface area contributed by atoms with E-state index in [1.807, 2.05) is 0 Å². The molecule has 0 saturated heterocycles. The van der Waals surface area contributed by atoms with E-state index >= 15 is 0 Å². The zero-order valence-electron chi connectivity index (χ0n) is 11.2. The highest BCUT2D eigenvalue weighted by Gasteiger charge is 2.32. The van der Waals surface area contributed by atoms with Gasteiger partial charge in [-0.1, -0.05) is 23.7 Å². The second kappa shape index (κ2) is 6.52. The fourth-order valence-electron chi connectivity index (χ4n) is 2.31. The van der Waals surface area contributed by atoms with Crippen LogP contribution in [-0.2, 0) is 11.8 Å². The van der Waals surface area contributed by atoms with Crippen LogP contribution in [0.25, 0.3) is 0 Å². The van der Waals surface area contributed by atoms with Gasteiger partial charge in [0.2, 0.25) is 0 Å². The van der Waals surface area contributed by atoms with E-state index in [-0.39, 0.29) is 12.0 Å². The number of aliphatic hydroxyl groups is 2. The Morgan fingerprint density at radius 2 is 1.71 bits per heavy atom. The van der Waals surface area contributed by atoms with Crippen LogP contribution in [0.5, 0.6) is 0 Å². The number of aliphatic hydroxyl groups excluding tert-OH is 2. The summed E-state index contributed by atoms with van der Waals surface area (Å²) >= 11 is 5.93. The summed E-state index contributed by atoms with van der Waals surface area (Å²) in [7, 11) is 0. The Balaban J connectivity index is 2.45. The fraction of sp³-hybridized carbons (Fsp3) is 0.250. The summed E-state index contributed by atoms with van der Waals surface area (Å²) in [4.78, 5) is 0. The Kier molecular flexibility index (Phi) is 4.93. The van der Waals surface area contributed by atoms with Gasteiger partial charge in [0.25, 0.3) is 0 Å². The van der Waals surface area contributed by atoms with Gasteiger partial charge >= 0.3 is 0 Å². The number of halogens is 3. The maximum absolute atomic E-state index is 13.8. The topological polar surface area (TPSA) is 40.5 Å². The Labute approximate surface area is 126 Å². The van der Waals surface area contributed by atoms with Crippen LogP contribution in [-0.4, -0.2) is 23.4 Å². The van der Waals surface area contributed by atoms with Gasteiger partial charge in [-0.05, 0) is 47.9 Å². The van der Waals surface area contributed by atoms with E-state index in [0.717, 1.165) is 18.2 Å². The third-order valence-corrected chi connectivity index (χ3v) is 3.81. The largest absolute Gasteiger partial charge is 0.395 e. The van der Waals surface area contributed by atoms with Crippen LogP contribution in [0, 0.1) is 11.6 Å². The molecule has 0 radical (unpaired) electrons. The van der Waals surface area contributed by atoms with Crippen molar-refractivity contribution >= 4 is 11.6 Å². The number of rotatable bonds is 5. The van der Waals surface area contributed by atoms with Crippen LogP contribution >= 0.6 is 11.6 Å². The number of hydrogen-bond donors (Lipinski definition) is 2. The monoisotopic (exact) mass is 312 g/mol. The van der Waals surface area contributed by atoms with Gasteiger partial charge in [0.1, 0.15) is 11.6 Å². The van der Waals surface area contributed by atoms with Crippen molar-refractivity contribution in [3.8, 4) is 0 Å². The van der Waals surface area contributed by atoms with Crippen molar-refractivity contribution in [3.05, 3.63) is 70.2 Å². The van der Waals surface area contributed by atoms with Crippen LogP contribution < -0.4 is 0 Å². The highest BCUT2D eigenvalue weighted by Crippen LogP contribution is 2.30. The summed E-state index contributed by atoms with van der Waals surface area (Å²) in [6.07, 6.45) is -0.0378. The molecule has 0 saturated carbocycles. The van der Waals surface area contributed by atoms with Crippen molar-refractivity contribution in [1.29, 1.82) is 0 Å². The molecule has 0 aliphatic carbocycles. The molecule has 2 rings (SSSR count). The third-order valence-electron chi connectivity index (χ3n) is 3.58. The molecule has 2 nitrogen and oxygen atoms in total. The van der Waals surface area contributed by atoms with Crippen molar-refractivity contribution in [2.24, 2.45) is 0 Å². The minimum absolute atomic E-state index is 0.0378. The SMILES string of the molecule is OCC(CO)(Cc1cc(F)ccc1F)c1cccc(Cl)c1. The first-order valence-electron chi connectivity index (χ1n) is 6.42. The molecule has 0 heterocycles. The van der Waals surface area contributed by atoms with Crippen molar-refractivity contribution in [2.45, 2.75) is 11.8 Å². The minimum atomic E-state index is -1.13. The zero-order chi connectivity index (χ0) is 15.5. The van der Waals surface area contributed by atoms with Gasteiger partial charge in [0.15, 0.2) is 0 Å². The molecule has 2 aromatic carbocycles. The summed E-state index contributed by atoms with van der Waals surface area (Å²) in [5.74, 6) is -1.15. The molecule has 0 atom stereocenters. The van der Waals surface area contributed by atoms with Gasteiger partial charge in [0.05, 0.1) is 13.2 Å². The molecular weight excluding hydrogens is 298 g/mol. The highest BCUT2D eigenvalue weighted by atomic mass is 35.5. The molecule has 0 amide bonds. The third kappa shape index (κ3) is 3.40. The summed E-state index contributed by atoms with van der Waals surface area (Å²) in [6, 6.07) is 9.76. The summed E-state index contributed by atoms with van der Waals surface area (Å²) in [5, 5.41) is 19.9. The standard InChI is InChI=1S/C16H15ClF2O2/c17-13-3-1-2-12(7-13)16(9-20,10-21)8-11-6-14(18)4-5-15(11)19/h1-7,20-21H,8-10H2. The Bertz CT molecular complexity index is 627. The molecule has 0 aliphatic heterocycles. The summed E-state index contributed by atoms with van der Waals surface area (Å²) < 4.78 is 27.1. The van der Waals surface area contributed by atoms with E-state index in [4.69, 9.17) is 11.6 Å². The zero-order valence-corrected chi connectivity index (χ0v) is 11.9. The molecule has 0 fully saturated rings. The quantitative estimate of drug-likeness (QED) is 0.891. The number of benzene rings is 2. The average Bonchev–Trinajstić information content (AvgIpc) is 2.48. The lowest BCUT2D eigenvalue weighted by molar-refractivity contribution is 0.115. The fourth-order valence-corrected chi connectivity index (χ4v) is 2.50. The lowest BCUT2D eigenvalue weighted by Gasteiger charge is -2.31. The molecule has 21 heavy (non-hydrogen) atoms. The van der Waals surface area contributed by atoms with Crippen LogP contribution in [0.3, 0.4) is 0 Å². The lowest BCUT2D eigenvalue weighted by atomic mass is 9.76. The van der Waals surface area contributed by atoms with E-state index in [1.165, 1.54) is 0 Å².